The minimum Gasteiger partial charge on any atom is -0.342 e. The molecule has 0 saturated heterocycles. The highest BCUT2D eigenvalue weighted by molar-refractivity contribution is 5.96. The van der Waals surface area contributed by atoms with Crippen molar-refractivity contribution in [3.63, 3.8) is 0 Å². The summed E-state index contributed by atoms with van der Waals surface area (Å²) in [7, 11) is 1.77. The molecule has 7 heteroatoms. The molecule has 136 valence electrons. The molecule has 1 unspecified atom stereocenters. The summed E-state index contributed by atoms with van der Waals surface area (Å²) in [5, 5.41) is 12.8. The molecule has 0 spiro atoms. The predicted octanol–water partition coefficient (Wildman–Crippen LogP) is 3.16. The molecule has 4 N–H and O–H groups in total. The van der Waals surface area contributed by atoms with E-state index in [0.717, 1.165) is 39.2 Å². The van der Waals surface area contributed by atoms with Gasteiger partial charge in [0.05, 0.1) is 17.2 Å². The third kappa shape index (κ3) is 3.45. The van der Waals surface area contributed by atoms with Crippen molar-refractivity contribution in [2.24, 2.45) is 0 Å². The first-order valence-corrected chi connectivity index (χ1v) is 8.67. The van der Waals surface area contributed by atoms with Crippen LogP contribution in [-0.4, -0.2) is 33.1 Å². The average Bonchev–Trinajstić information content (AvgIpc) is 3.31. The Morgan fingerprint density at radius 3 is 2.63 bits per heavy atom. The molecule has 27 heavy (non-hydrogen) atoms. The summed E-state index contributed by atoms with van der Waals surface area (Å²) in [6, 6.07) is 13.0. The van der Waals surface area contributed by atoms with Crippen molar-refractivity contribution in [2.45, 2.75) is 13.0 Å². The summed E-state index contributed by atoms with van der Waals surface area (Å²) in [4.78, 5) is 20.4. The molecule has 2 heterocycles. The van der Waals surface area contributed by atoms with Crippen LogP contribution in [0.3, 0.4) is 0 Å². The first-order chi connectivity index (χ1) is 13.1. The zero-order valence-electron chi connectivity index (χ0n) is 15.1. The van der Waals surface area contributed by atoms with Gasteiger partial charge in [-0.3, -0.25) is 9.89 Å². The smallest absolute Gasteiger partial charge is 0.246 e. The molecule has 4 rings (SSSR count). The largest absolute Gasteiger partial charge is 0.342 e. The third-order valence-corrected chi connectivity index (χ3v) is 4.49. The lowest BCUT2D eigenvalue weighted by Gasteiger charge is -2.16. The standard InChI is InChI=1S/C20H20N6O/c1-12-24-17-8-5-14(9-18(17)25-12)19(21-2)20(27)26-16-6-3-13(4-7-16)15-10-22-23-11-15/h3-11,19,21H,1-2H3,(H,22,23)(H,24,25)(H,26,27). The number of hydrogen-bond donors (Lipinski definition) is 4. The molecular formula is C20H20N6O. The molecular weight excluding hydrogens is 340 g/mol. The molecule has 0 bridgehead atoms. The van der Waals surface area contributed by atoms with Gasteiger partial charge in [0, 0.05) is 17.4 Å². The number of hydrogen-bond acceptors (Lipinski definition) is 4. The maximum atomic E-state index is 12.8. The molecule has 0 radical (unpaired) electrons. The second kappa shape index (κ2) is 7.05. The van der Waals surface area contributed by atoms with Crippen LogP contribution in [0.15, 0.2) is 54.9 Å². The first kappa shape index (κ1) is 17.0. The number of aromatic amines is 2. The van der Waals surface area contributed by atoms with E-state index in [9.17, 15) is 4.79 Å². The summed E-state index contributed by atoms with van der Waals surface area (Å²) in [6.07, 6.45) is 3.59. The lowest BCUT2D eigenvalue weighted by atomic mass is 10.0. The second-order valence-electron chi connectivity index (χ2n) is 6.37. The zero-order valence-corrected chi connectivity index (χ0v) is 15.1. The number of nitrogens with one attached hydrogen (secondary N) is 4. The molecule has 2 aromatic heterocycles. The van der Waals surface area contributed by atoms with Gasteiger partial charge in [-0.05, 0) is 49.4 Å². The van der Waals surface area contributed by atoms with Crippen molar-refractivity contribution >= 4 is 22.6 Å². The van der Waals surface area contributed by atoms with E-state index in [2.05, 4.69) is 30.8 Å². The van der Waals surface area contributed by atoms with Crippen LogP contribution in [0.5, 0.6) is 0 Å². The van der Waals surface area contributed by atoms with Gasteiger partial charge >= 0.3 is 0 Å². The van der Waals surface area contributed by atoms with Crippen LogP contribution in [0, 0.1) is 6.92 Å². The third-order valence-electron chi connectivity index (χ3n) is 4.49. The summed E-state index contributed by atoms with van der Waals surface area (Å²) in [5.74, 6) is 0.731. The van der Waals surface area contributed by atoms with Crippen LogP contribution in [-0.2, 0) is 4.79 Å². The van der Waals surface area contributed by atoms with Gasteiger partial charge in [-0.15, -0.1) is 0 Å². The van der Waals surface area contributed by atoms with E-state index in [0.29, 0.717) is 0 Å². The average molecular weight is 360 g/mol. The van der Waals surface area contributed by atoms with E-state index in [4.69, 9.17) is 0 Å². The van der Waals surface area contributed by atoms with Gasteiger partial charge in [0.25, 0.3) is 0 Å². The number of fused-ring (bicyclic) bond motifs is 1. The van der Waals surface area contributed by atoms with E-state index in [1.165, 1.54) is 0 Å². The SMILES string of the molecule is CNC(C(=O)Nc1ccc(-c2cn[nH]c2)cc1)c1ccc2nc(C)[nH]c2c1. The van der Waals surface area contributed by atoms with Crippen LogP contribution in [0.1, 0.15) is 17.4 Å². The highest BCUT2D eigenvalue weighted by Gasteiger charge is 2.19. The van der Waals surface area contributed by atoms with Crippen molar-refractivity contribution < 1.29 is 4.79 Å². The van der Waals surface area contributed by atoms with E-state index in [1.54, 1.807) is 13.2 Å². The number of carbonyl (C=O) groups excluding carboxylic acids is 1. The zero-order chi connectivity index (χ0) is 18.8. The Kier molecular flexibility index (Phi) is 4.43. The molecule has 0 aliphatic rings. The quantitative estimate of drug-likeness (QED) is 0.439. The molecule has 0 aliphatic heterocycles. The van der Waals surface area contributed by atoms with E-state index >= 15 is 0 Å². The first-order valence-electron chi connectivity index (χ1n) is 8.67. The number of imidazole rings is 1. The Morgan fingerprint density at radius 2 is 1.93 bits per heavy atom. The van der Waals surface area contributed by atoms with Gasteiger partial charge < -0.3 is 15.6 Å². The summed E-state index contributed by atoms with van der Waals surface area (Å²) in [6.45, 7) is 1.91. The number of benzene rings is 2. The van der Waals surface area contributed by atoms with Gasteiger partial charge in [-0.2, -0.15) is 5.10 Å². The summed E-state index contributed by atoms with van der Waals surface area (Å²) in [5.41, 5.74) is 5.46. The Labute approximate surface area is 156 Å². The predicted molar refractivity (Wildman–Crippen MR) is 105 cm³/mol. The highest BCUT2D eigenvalue weighted by Crippen LogP contribution is 2.23. The number of rotatable bonds is 5. The number of H-pyrrole nitrogens is 2. The van der Waals surface area contributed by atoms with Crippen LogP contribution < -0.4 is 10.6 Å². The summed E-state index contributed by atoms with van der Waals surface area (Å²) < 4.78 is 0. The molecule has 0 aliphatic carbocycles. The van der Waals surface area contributed by atoms with Crippen molar-refractivity contribution in [3.8, 4) is 11.1 Å². The number of nitrogens with zero attached hydrogens (tertiary/aromatic N) is 2. The van der Waals surface area contributed by atoms with Crippen LogP contribution >= 0.6 is 0 Å². The van der Waals surface area contributed by atoms with Gasteiger partial charge in [0.2, 0.25) is 5.91 Å². The van der Waals surface area contributed by atoms with E-state index < -0.39 is 6.04 Å². The number of carbonyl (C=O) groups is 1. The lowest BCUT2D eigenvalue weighted by Crippen LogP contribution is -2.30. The Morgan fingerprint density at radius 1 is 1.11 bits per heavy atom. The van der Waals surface area contributed by atoms with E-state index in [1.807, 2.05) is 55.6 Å². The van der Waals surface area contributed by atoms with Gasteiger partial charge in [0.1, 0.15) is 11.9 Å². The van der Waals surface area contributed by atoms with Crippen molar-refractivity contribution in [2.75, 3.05) is 12.4 Å². The number of likely N-dealkylation sites (N-methyl/N-ethyl adjacent to an activating group) is 1. The number of aryl methyl sites for hydroxylation is 1. The van der Waals surface area contributed by atoms with Crippen LogP contribution in [0.2, 0.25) is 0 Å². The fourth-order valence-corrected chi connectivity index (χ4v) is 3.15. The second-order valence-corrected chi connectivity index (χ2v) is 6.37. The van der Waals surface area contributed by atoms with Gasteiger partial charge in [-0.1, -0.05) is 18.2 Å². The topological polar surface area (TPSA) is 98.5 Å². The van der Waals surface area contributed by atoms with E-state index in [-0.39, 0.29) is 5.91 Å². The molecule has 0 saturated carbocycles. The van der Waals surface area contributed by atoms with Crippen LogP contribution in [0.4, 0.5) is 5.69 Å². The van der Waals surface area contributed by atoms with Crippen molar-refractivity contribution in [1.29, 1.82) is 0 Å². The lowest BCUT2D eigenvalue weighted by molar-refractivity contribution is -0.118. The Bertz CT molecular complexity index is 1070. The van der Waals surface area contributed by atoms with Gasteiger partial charge in [0.15, 0.2) is 0 Å². The van der Waals surface area contributed by atoms with Gasteiger partial charge in [-0.25, -0.2) is 4.98 Å². The number of aromatic nitrogens is 4. The van der Waals surface area contributed by atoms with Crippen molar-refractivity contribution in [3.05, 3.63) is 66.2 Å². The molecule has 0 fully saturated rings. The summed E-state index contributed by atoms with van der Waals surface area (Å²) >= 11 is 0. The molecule has 4 aromatic rings. The fourth-order valence-electron chi connectivity index (χ4n) is 3.15. The fraction of sp³-hybridized carbons (Fsp3) is 0.150. The highest BCUT2D eigenvalue weighted by atomic mass is 16.2. The minimum atomic E-state index is -0.466. The Hall–Kier alpha value is -3.45. The molecule has 1 amide bonds. The maximum absolute atomic E-state index is 12.8. The Balaban J connectivity index is 1.52. The molecule has 1 atom stereocenters. The molecule has 2 aromatic carbocycles. The maximum Gasteiger partial charge on any atom is 0.246 e. The normalized spacial score (nSPS) is 12.2. The monoisotopic (exact) mass is 360 g/mol. The number of anilines is 1. The molecule has 7 nitrogen and oxygen atoms in total. The van der Waals surface area contributed by atoms with Crippen LogP contribution in [0.25, 0.3) is 22.2 Å². The van der Waals surface area contributed by atoms with Crippen molar-refractivity contribution in [1.82, 2.24) is 25.5 Å². The minimum absolute atomic E-state index is 0.121. The number of amides is 1.